The summed E-state index contributed by atoms with van der Waals surface area (Å²) in [5, 5.41) is -0.0219. The second kappa shape index (κ2) is 10.3. The molecule has 3 aliphatic rings. The van der Waals surface area contributed by atoms with Gasteiger partial charge in [0, 0.05) is 60.9 Å². The van der Waals surface area contributed by atoms with Crippen molar-refractivity contribution in [3.8, 4) is 0 Å². The summed E-state index contributed by atoms with van der Waals surface area (Å²) in [5.41, 5.74) is 2.37. The van der Waals surface area contributed by atoms with Crippen LogP contribution in [-0.4, -0.2) is 31.5 Å². The summed E-state index contributed by atoms with van der Waals surface area (Å²) in [6.07, 6.45) is -2.58. The summed E-state index contributed by atoms with van der Waals surface area (Å²) < 4.78 is 75.6. The molecule has 1 fully saturated rings. The lowest BCUT2D eigenvalue weighted by Gasteiger charge is -2.53. The first-order valence-electron chi connectivity index (χ1n) is 15.0. The second-order valence-electron chi connectivity index (χ2n) is 14.9. The normalized spacial score (nSPS) is 23.8. The number of halogens is 4. The Balaban J connectivity index is 1.79. The number of hydrogen-bond donors (Lipinski definition) is 0. The number of aromatic nitrogens is 2. The van der Waals surface area contributed by atoms with Crippen molar-refractivity contribution >= 4 is 8.32 Å². The van der Waals surface area contributed by atoms with Gasteiger partial charge in [-0.05, 0) is 44.1 Å². The molecule has 2 aliphatic heterocycles. The molecule has 1 aliphatic carbocycles. The maximum atomic E-state index is 15.6. The van der Waals surface area contributed by atoms with Gasteiger partial charge in [-0.25, -0.2) is 4.39 Å². The van der Waals surface area contributed by atoms with E-state index in [1.807, 2.05) is 13.8 Å². The molecule has 0 saturated carbocycles. The van der Waals surface area contributed by atoms with E-state index in [-0.39, 0.29) is 28.2 Å². The quantitative estimate of drug-likeness (QED) is 0.256. The molecule has 10 heteroatoms. The van der Waals surface area contributed by atoms with Crippen LogP contribution in [0.4, 0.5) is 17.6 Å². The lowest BCUT2D eigenvalue weighted by molar-refractivity contribution is -0.138. The van der Waals surface area contributed by atoms with Gasteiger partial charge in [0.1, 0.15) is 17.6 Å². The van der Waals surface area contributed by atoms with Gasteiger partial charge in [0.25, 0.3) is 0 Å². The average Bonchev–Trinajstić information content (AvgIpc) is 3.15. The number of hydrogen-bond acceptors (Lipinski definition) is 5. The summed E-state index contributed by atoms with van der Waals surface area (Å²) in [7, 11) is -2.24. The van der Waals surface area contributed by atoms with Gasteiger partial charge in [0.05, 0.1) is 11.2 Å². The molecule has 2 atom stereocenters. The van der Waals surface area contributed by atoms with Gasteiger partial charge in [-0.3, -0.25) is 9.97 Å². The highest BCUT2D eigenvalue weighted by Crippen LogP contribution is 2.59. The van der Waals surface area contributed by atoms with Crippen molar-refractivity contribution < 1.29 is 31.5 Å². The third kappa shape index (κ3) is 5.45. The van der Waals surface area contributed by atoms with Crippen molar-refractivity contribution in [2.24, 2.45) is 5.41 Å². The first-order valence-corrected chi connectivity index (χ1v) is 17.9. The summed E-state index contributed by atoms with van der Waals surface area (Å²) in [4.78, 5) is 9.30. The predicted octanol–water partition coefficient (Wildman–Crippen LogP) is 8.92. The van der Waals surface area contributed by atoms with Crippen LogP contribution >= 0.6 is 0 Å². The van der Waals surface area contributed by atoms with E-state index < -0.39 is 37.6 Å². The Labute approximate surface area is 247 Å². The van der Waals surface area contributed by atoms with Gasteiger partial charge >= 0.3 is 6.18 Å². The van der Waals surface area contributed by atoms with Gasteiger partial charge in [-0.1, -0.05) is 48.5 Å². The Morgan fingerprint density at radius 2 is 1.71 bits per heavy atom. The predicted molar refractivity (Wildman–Crippen MR) is 155 cm³/mol. The van der Waals surface area contributed by atoms with E-state index in [4.69, 9.17) is 18.9 Å². The van der Waals surface area contributed by atoms with E-state index in [9.17, 15) is 13.2 Å². The third-order valence-electron chi connectivity index (χ3n) is 9.68. The minimum Gasteiger partial charge on any atom is -0.559 e. The monoisotopic (exact) mass is 608 g/mol. The van der Waals surface area contributed by atoms with Crippen molar-refractivity contribution in [2.45, 2.75) is 122 Å². The molecular weight excluding hydrogens is 564 g/mol. The summed E-state index contributed by atoms with van der Waals surface area (Å²) in [6.45, 7) is 20.6. The number of rotatable bonds is 4. The highest BCUT2D eigenvalue weighted by molar-refractivity contribution is 6.74. The molecule has 2 aromatic rings. The lowest BCUT2D eigenvalue weighted by atomic mass is 9.70. The van der Waals surface area contributed by atoms with Crippen LogP contribution < -0.4 is 0 Å². The van der Waals surface area contributed by atoms with Crippen LogP contribution in [0.15, 0.2) is 12.3 Å². The molecule has 0 amide bonds. The molecule has 0 bridgehead atoms. The van der Waals surface area contributed by atoms with Crippen LogP contribution in [0.3, 0.4) is 0 Å². The van der Waals surface area contributed by atoms with E-state index in [1.165, 1.54) is 0 Å². The highest BCUT2D eigenvalue weighted by atomic mass is 28.4. The van der Waals surface area contributed by atoms with Crippen LogP contribution in [0.5, 0.6) is 0 Å². The van der Waals surface area contributed by atoms with E-state index in [2.05, 4.69) is 52.7 Å². The Morgan fingerprint density at radius 3 is 2.26 bits per heavy atom. The fourth-order valence-electron chi connectivity index (χ4n) is 6.53. The molecule has 0 N–H and O–H groups in total. The molecule has 0 aromatic carbocycles. The zero-order valence-corrected chi connectivity index (χ0v) is 27.3. The van der Waals surface area contributed by atoms with E-state index in [1.54, 1.807) is 0 Å². The first kappa shape index (κ1) is 31.5. The number of nitrogens with zero attached hydrogens (tertiary/aromatic N) is 2. The van der Waals surface area contributed by atoms with Gasteiger partial charge in [-0.15, -0.1) is 18.1 Å². The van der Waals surface area contributed by atoms with Gasteiger partial charge in [0.2, 0.25) is 0 Å². The van der Waals surface area contributed by atoms with Crippen molar-refractivity contribution in [3.05, 3.63) is 57.4 Å². The molecule has 2 unspecified atom stereocenters. The van der Waals surface area contributed by atoms with Crippen LogP contribution in [-0.2, 0) is 32.1 Å². The Bertz CT molecular complexity index is 1360. The molecule has 5 nitrogen and oxygen atoms in total. The van der Waals surface area contributed by atoms with Gasteiger partial charge in [0.15, 0.2) is 0 Å². The molecule has 233 valence electrons. The number of pyridine rings is 2. The molecular formula is C32H44F4N2O3Si-. The van der Waals surface area contributed by atoms with Crippen LogP contribution in [0.2, 0.25) is 18.1 Å². The second-order valence-corrected chi connectivity index (χ2v) is 19.7. The fraction of sp³-hybridized carbons (Fsp3) is 0.688. The van der Waals surface area contributed by atoms with Crippen molar-refractivity contribution in [3.63, 3.8) is 0 Å². The van der Waals surface area contributed by atoms with Crippen LogP contribution in [0.1, 0.15) is 125 Å². The summed E-state index contributed by atoms with van der Waals surface area (Å²) in [6, 6.07) is 0.521. The van der Waals surface area contributed by atoms with Gasteiger partial charge < -0.3 is 13.9 Å². The van der Waals surface area contributed by atoms with Gasteiger partial charge in [-0.2, -0.15) is 13.2 Å². The van der Waals surface area contributed by atoms with Crippen molar-refractivity contribution in [2.75, 3.05) is 13.2 Å². The third-order valence-corrected chi connectivity index (χ3v) is 14.2. The minimum atomic E-state index is -4.70. The maximum absolute atomic E-state index is 15.6. The number of fused-ring (bicyclic) bond motifs is 4. The minimum absolute atomic E-state index is 0.0219. The first-order chi connectivity index (χ1) is 19.3. The fourth-order valence-corrected chi connectivity index (χ4v) is 7.79. The summed E-state index contributed by atoms with van der Waals surface area (Å²) >= 11 is 0. The summed E-state index contributed by atoms with van der Waals surface area (Å²) in [5.74, 6) is -1.07. The Hall–Kier alpha value is -1.88. The zero-order valence-electron chi connectivity index (χ0n) is 26.3. The zero-order chi connectivity index (χ0) is 31.0. The molecule has 1 saturated heterocycles. The maximum Gasteiger partial charge on any atom is 0.417 e. The molecule has 2 aromatic heterocycles. The smallest absolute Gasteiger partial charge is 0.417 e. The van der Waals surface area contributed by atoms with E-state index in [0.29, 0.717) is 38.3 Å². The van der Waals surface area contributed by atoms with Crippen molar-refractivity contribution in [1.82, 2.24) is 9.97 Å². The Morgan fingerprint density at radius 1 is 1.07 bits per heavy atom. The molecule has 1 spiro atoms. The Kier molecular flexibility index (Phi) is 7.77. The number of alkyl halides is 3. The molecule has 0 radical (unpaired) electrons. The SMILES string of the molecule is CC(C)c1nc2c(c3c1C(c1ncc(C(F)(F)F)cc1F)OC31CCOCC1)C(O[Si-](C)(C)C(C)(C)C)CC(C)(C)C2. The molecule has 42 heavy (non-hydrogen) atoms. The van der Waals surface area contributed by atoms with Crippen LogP contribution in [0.25, 0.3) is 0 Å². The average molecular weight is 609 g/mol. The standard InChI is InChI=1S/C32H44F4N2O3Si/c1-18(2)26-24-25(23-21(38-26)15-30(6,7)16-22(23)41-42(8,9)29(3,4)5)31(10-12-39-13-11-31)40-28(24)27-20(33)14-19(17-37-27)32(34,35)36/h14,17-18,22,28H,10-13,15-16H2,1-9H3/q-1. The lowest BCUT2D eigenvalue weighted by Crippen LogP contribution is -2.45. The largest absolute Gasteiger partial charge is 0.559 e. The topological polar surface area (TPSA) is 53.5 Å². The molecule has 4 heterocycles. The molecule has 5 rings (SSSR count). The van der Waals surface area contributed by atoms with E-state index >= 15 is 4.39 Å². The number of ether oxygens (including phenoxy) is 2. The van der Waals surface area contributed by atoms with Crippen molar-refractivity contribution in [1.29, 1.82) is 0 Å². The van der Waals surface area contributed by atoms with E-state index in [0.717, 1.165) is 40.9 Å². The highest BCUT2D eigenvalue weighted by Gasteiger charge is 2.53. The van der Waals surface area contributed by atoms with Crippen LogP contribution in [0, 0.1) is 11.2 Å².